The van der Waals surface area contributed by atoms with E-state index in [0.717, 1.165) is 19.3 Å². The summed E-state index contributed by atoms with van der Waals surface area (Å²) >= 11 is 0. The molecule has 3 aliphatic rings. The molecule has 29 heavy (non-hydrogen) atoms. The second-order valence-electron chi connectivity index (χ2n) is 9.36. The van der Waals surface area contributed by atoms with Crippen LogP contribution in [0.2, 0.25) is 0 Å². The van der Waals surface area contributed by atoms with Crippen molar-refractivity contribution in [2.45, 2.75) is 50.7 Å². The van der Waals surface area contributed by atoms with Crippen LogP contribution in [0.15, 0.2) is 24.3 Å². The molecular weight excluding hydrogens is 366 g/mol. The molecule has 1 aliphatic carbocycles. The summed E-state index contributed by atoms with van der Waals surface area (Å²) < 4.78 is 0. The first-order chi connectivity index (χ1) is 13.8. The van der Waals surface area contributed by atoms with Crippen LogP contribution in [-0.2, 0) is 4.79 Å². The highest BCUT2D eigenvalue weighted by molar-refractivity contribution is 5.85. The number of urea groups is 1. The lowest BCUT2D eigenvalue weighted by atomic mass is 9.84. The van der Waals surface area contributed by atoms with E-state index in [1.54, 1.807) is 19.0 Å². The molecule has 6 nitrogen and oxygen atoms in total. The van der Waals surface area contributed by atoms with E-state index in [9.17, 15) is 14.7 Å². The number of nitrogens with zero attached hydrogens (tertiary/aromatic N) is 3. The van der Waals surface area contributed by atoms with Crippen molar-refractivity contribution in [3.8, 4) is 0 Å². The topological polar surface area (TPSA) is 64.1 Å². The smallest absolute Gasteiger partial charge is 0.320 e. The first kappa shape index (κ1) is 20.2. The Balaban J connectivity index is 1.60. The monoisotopic (exact) mass is 399 g/mol. The number of hydrogen-bond donors (Lipinski definition) is 1. The maximum absolute atomic E-state index is 13.2. The van der Waals surface area contributed by atoms with Crippen molar-refractivity contribution in [1.29, 1.82) is 0 Å². The molecule has 1 saturated carbocycles. The Morgan fingerprint density at radius 1 is 1.07 bits per heavy atom. The third kappa shape index (κ3) is 3.52. The van der Waals surface area contributed by atoms with Gasteiger partial charge in [-0.25, -0.2) is 4.79 Å². The predicted octanol–water partition coefficient (Wildman–Crippen LogP) is 2.80. The number of fused-ring (bicyclic) bond motifs is 1. The quantitative estimate of drug-likeness (QED) is 0.832. The molecule has 0 spiro atoms. The minimum atomic E-state index is -1.19. The van der Waals surface area contributed by atoms with Crippen molar-refractivity contribution in [1.82, 2.24) is 14.7 Å². The van der Waals surface area contributed by atoms with Gasteiger partial charge in [-0.3, -0.25) is 4.79 Å². The molecule has 2 aliphatic heterocycles. The van der Waals surface area contributed by atoms with Crippen molar-refractivity contribution in [2.24, 2.45) is 11.8 Å². The van der Waals surface area contributed by atoms with Crippen LogP contribution in [0.25, 0.3) is 0 Å². The Kier molecular flexibility index (Phi) is 5.32. The maximum Gasteiger partial charge on any atom is 0.320 e. The summed E-state index contributed by atoms with van der Waals surface area (Å²) in [5.74, 6) is 0.358. The van der Waals surface area contributed by atoms with E-state index in [-0.39, 0.29) is 29.8 Å². The molecule has 3 atom stereocenters. The number of likely N-dealkylation sites (tertiary alicyclic amines) is 2. The van der Waals surface area contributed by atoms with Crippen LogP contribution in [-0.4, -0.2) is 71.1 Å². The van der Waals surface area contributed by atoms with E-state index < -0.39 is 5.60 Å². The molecular formula is C23H33N3O3. The van der Waals surface area contributed by atoms with Gasteiger partial charge in [0.25, 0.3) is 5.91 Å². The zero-order valence-corrected chi connectivity index (χ0v) is 17.8. The summed E-state index contributed by atoms with van der Waals surface area (Å²) in [5, 5.41) is 10.9. The van der Waals surface area contributed by atoms with E-state index in [1.165, 1.54) is 11.1 Å². The van der Waals surface area contributed by atoms with Gasteiger partial charge in [0.15, 0.2) is 0 Å². The number of aryl methyl sites for hydroxylation is 1. The zero-order chi connectivity index (χ0) is 20.8. The van der Waals surface area contributed by atoms with Gasteiger partial charge >= 0.3 is 6.03 Å². The van der Waals surface area contributed by atoms with Gasteiger partial charge in [-0.1, -0.05) is 43.5 Å². The average Bonchev–Trinajstić information content (AvgIpc) is 3.26. The summed E-state index contributed by atoms with van der Waals surface area (Å²) in [4.78, 5) is 31.6. The molecule has 0 unspecified atom stereocenters. The molecule has 1 aromatic rings. The maximum atomic E-state index is 13.2. The van der Waals surface area contributed by atoms with Crippen LogP contribution in [0.1, 0.15) is 49.3 Å². The van der Waals surface area contributed by atoms with Gasteiger partial charge < -0.3 is 19.8 Å². The van der Waals surface area contributed by atoms with Crippen molar-refractivity contribution in [2.75, 3.05) is 33.7 Å². The standard InChI is InChI=1S/C23H33N3O3/c1-16-9-5-6-10-18(16)20-19-15-25(21(27)23(29)11-7-4-8-12-23)13-17(19)14-26(20)22(28)24(2)3/h5-6,9-10,17,19-20,29H,4,7-8,11-15H2,1-3H3/t17-,19-,20+/m1/s1. The molecule has 1 aromatic carbocycles. The van der Waals surface area contributed by atoms with Crippen LogP contribution in [0.5, 0.6) is 0 Å². The first-order valence-corrected chi connectivity index (χ1v) is 10.9. The van der Waals surface area contributed by atoms with Crippen LogP contribution >= 0.6 is 0 Å². The largest absolute Gasteiger partial charge is 0.380 e. The lowest BCUT2D eigenvalue weighted by Gasteiger charge is -2.36. The van der Waals surface area contributed by atoms with Gasteiger partial charge in [0, 0.05) is 45.6 Å². The van der Waals surface area contributed by atoms with Crippen LogP contribution in [0, 0.1) is 18.8 Å². The summed E-state index contributed by atoms with van der Waals surface area (Å²) in [6.07, 6.45) is 4.08. The zero-order valence-electron chi connectivity index (χ0n) is 17.8. The molecule has 3 fully saturated rings. The number of benzene rings is 1. The van der Waals surface area contributed by atoms with Crippen LogP contribution in [0.3, 0.4) is 0 Å². The van der Waals surface area contributed by atoms with Crippen molar-refractivity contribution in [3.05, 3.63) is 35.4 Å². The van der Waals surface area contributed by atoms with E-state index >= 15 is 0 Å². The first-order valence-electron chi connectivity index (χ1n) is 10.9. The van der Waals surface area contributed by atoms with Gasteiger partial charge in [-0.2, -0.15) is 0 Å². The molecule has 158 valence electrons. The average molecular weight is 400 g/mol. The molecule has 2 heterocycles. The Hall–Kier alpha value is -2.08. The van der Waals surface area contributed by atoms with Gasteiger partial charge in [0.1, 0.15) is 5.60 Å². The molecule has 0 bridgehead atoms. The second kappa shape index (κ2) is 7.63. The Bertz CT molecular complexity index is 787. The van der Waals surface area contributed by atoms with Crippen LogP contribution in [0.4, 0.5) is 4.79 Å². The number of carbonyl (C=O) groups is 2. The fourth-order valence-electron chi connectivity index (χ4n) is 5.63. The normalized spacial score (nSPS) is 28.3. The minimum absolute atomic E-state index is 0.0245. The number of carbonyl (C=O) groups excluding carboxylic acids is 2. The number of aliphatic hydroxyl groups is 1. The summed E-state index contributed by atoms with van der Waals surface area (Å²) in [6.45, 7) is 3.99. The van der Waals surface area contributed by atoms with E-state index in [0.29, 0.717) is 32.5 Å². The van der Waals surface area contributed by atoms with Gasteiger partial charge in [-0.05, 0) is 30.9 Å². The van der Waals surface area contributed by atoms with E-state index in [4.69, 9.17) is 0 Å². The third-order valence-corrected chi connectivity index (χ3v) is 7.17. The molecule has 6 heteroatoms. The highest BCUT2D eigenvalue weighted by atomic mass is 16.3. The molecule has 0 aromatic heterocycles. The highest BCUT2D eigenvalue weighted by Gasteiger charge is 2.52. The van der Waals surface area contributed by atoms with Crippen molar-refractivity contribution in [3.63, 3.8) is 0 Å². The summed E-state index contributed by atoms with van der Waals surface area (Å²) in [7, 11) is 3.58. The lowest BCUT2D eigenvalue weighted by Crippen LogP contribution is -2.50. The third-order valence-electron chi connectivity index (χ3n) is 7.17. The lowest BCUT2D eigenvalue weighted by molar-refractivity contribution is -0.154. The Labute approximate surface area is 173 Å². The molecule has 0 radical (unpaired) electrons. The fraction of sp³-hybridized carbons (Fsp3) is 0.652. The molecule has 2 saturated heterocycles. The highest BCUT2D eigenvalue weighted by Crippen LogP contribution is 2.47. The van der Waals surface area contributed by atoms with Crippen molar-refractivity contribution >= 4 is 11.9 Å². The number of rotatable bonds is 2. The van der Waals surface area contributed by atoms with E-state index in [1.807, 2.05) is 21.9 Å². The van der Waals surface area contributed by atoms with Crippen molar-refractivity contribution < 1.29 is 14.7 Å². The second-order valence-corrected chi connectivity index (χ2v) is 9.36. The van der Waals surface area contributed by atoms with Gasteiger partial charge in [0.2, 0.25) is 0 Å². The number of hydrogen-bond acceptors (Lipinski definition) is 3. The van der Waals surface area contributed by atoms with Gasteiger partial charge in [0.05, 0.1) is 6.04 Å². The summed E-state index contributed by atoms with van der Waals surface area (Å²) in [5.41, 5.74) is 1.15. The SMILES string of the molecule is Cc1ccccc1[C@H]1[C@@H]2CN(C(=O)C3(O)CCCCC3)C[C@@H]2CN1C(=O)N(C)C. The molecule has 4 rings (SSSR count). The van der Waals surface area contributed by atoms with E-state index in [2.05, 4.69) is 19.1 Å². The number of amides is 3. The van der Waals surface area contributed by atoms with Gasteiger partial charge in [-0.15, -0.1) is 0 Å². The Morgan fingerprint density at radius 3 is 2.41 bits per heavy atom. The minimum Gasteiger partial charge on any atom is -0.380 e. The Morgan fingerprint density at radius 2 is 1.76 bits per heavy atom. The predicted molar refractivity (Wildman–Crippen MR) is 111 cm³/mol. The molecule has 3 amide bonds. The molecule has 1 N–H and O–H groups in total. The summed E-state index contributed by atoms with van der Waals surface area (Å²) in [6, 6.07) is 8.23. The van der Waals surface area contributed by atoms with Crippen LogP contribution < -0.4 is 0 Å². The fourth-order valence-corrected chi connectivity index (χ4v) is 5.63.